The summed E-state index contributed by atoms with van der Waals surface area (Å²) in [4.78, 5) is 27.3. The van der Waals surface area contributed by atoms with Crippen LogP contribution in [0.25, 0.3) is 6.08 Å². The van der Waals surface area contributed by atoms with Gasteiger partial charge in [-0.05, 0) is 49.4 Å². The lowest BCUT2D eigenvalue weighted by Crippen LogP contribution is -2.27. The zero-order valence-corrected chi connectivity index (χ0v) is 20.0. The van der Waals surface area contributed by atoms with Crippen LogP contribution in [0, 0.1) is 6.92 Å². The number of anilines is 2. The second-order valence-corrected chi connectivity index (χ2v) is 9.35. The summed E-state index contributed by atoms with van der Waals surface area (Å²) >= 11 is 12.6. The Morgan fingerprint density at radius 2 is 1.88 bits per heavy atom. The number of amides is 2. The van der Waals surface area contributed by atoms with Crippen molar-refractivity contribution in [3.63, 3.8) is 0 Å². The van der Waals surface area contributed by atoms with Gasteiger partial charge in [0.05, 0.1) is 10.6 Å². The van der Waals surface area contributed by atoms with Crippen LogP contribution in [0.2, 0.25) is 5.02 Å². The molecule has 1 N–H and O–H groups in total. The lowest BCUT2D eigenvalue weighted by molar-refractivity contribution is -0.118. The molecule has 1 fully saturated rings. The van der Waals surface area contributed by atoms with Crippen molar-refractivity contribution in [2.24, 2.45) is 0 Å². The predicted octanol–water partition coefficient (Wildman–Crippen LogP) is 6.07. The fraction of sp³-hybridized carbons (Fsp3) is 0.0800. The maximum Gasteiger partial charge on any atom is 0.270 e. The highest BCUT2D eigenvalue weighted by molar-refractivity contribution is 8.27. The Morgan fingerprint density at radius 1 is 1.12 bits per heavy atom. The SMILES string of the molecule is Cc1ccc(N2C(=O)/C(=C/c3ccccc3OCC(=O)Nc3cccc(Cl)c3)SC2=S)cc1. The average molecular weight is 495 g/mol. The van der Waals surface area contributed by atoms with Crippen LogP contribution in [0.5, 0.6) is 5.75 Å². The van der Waals surface area contributed by atoms with E-state index in [0.29, 0.717) is 31.2 Å². The number of thioether (sulfide) groups is 1. The molecule has 3 aromatic carbocycles. The molecular formula is C25H19ClN2O3S2. The summed E-state index contributed by atoms with van der Waals surface area (Å²) in [6.07, 6.45) is 1.73. The molecule has 4 rings (SSSR count). The number of carbonyl (C=O) groups is 2. The minimum atomic E-state index is -0.322. The van der Waals surface area contributed by atoms with Crippen molar-refractivity contribution in [3.05, 3.63) is 93.9 Å². The summed E-state index contributed by atoms with van der Waals surface area (Å²) in [5.41, 5.74) is 3.10. The molecule has 1 aliphatic heterocycles. The lowest BCUT2D eigenvalue weighted by atomic mass is 10.1. The Labute approximate surface area is 206 Å². The van der Waals surface area contributed by atoms with Crippen LogP contribution >= 0.6 is 35.6 Å². The van der Waals surface area contributed by atoms with Gasteiger partial charge in [0.25, 0.3) is 11.8 Å². The first kappa shape index (κ1) is 23.0. The number of rotatable bonds is 6. The number of hydrogen-bond donors (Lipinski definition) is 1. The first-order valence-corrected chi connectivity index (χ1v) is 11.6. The van der Waals surface area contributed by atoms with E-state index in [1.807, 2.05) is 43.3 Å². The highest BCUT2D eigenvalue weighted by Crippen LogP contribution is 2.37. The van der Waals surface area contributed by atoms with Gasteiger partial charge in [-0.2, -0.15) is 0 Å². The molecule has 33 heavy (non-hydrogen) atoms. The Morgan fingerprint density at radius 3 is 2.64 bits per heavy atom. The fourth-order valence-electron chi connectivity index (χ4n) is 3.16. The normalized spacial score (nSPS) is 14.6. The van der Waals surface area contributed by atoms with Crippen LogP contribution in [-0.4, -0.2) is 22.7 Å². The topological polar surface area (TPSA) is 58.6 Å². The zero-order valence-electron chi connectivity index (χ0n) is 17.6. The number of nitrogens with zero attached hydrogens (tertiary/aromatic N) is 1. The minimum Gasteiger partial charge on any atom is -0.483 e. The Hall–Kier alpha value is -3.13. The molecule has 1 heterocycles. The number of thiocarbonyl (C=S) groups is 1. The molecule has 1 saturated heterocycles. The summed E-state index contributed by atoms with van der Waals surface area (Å²) in [6, 6.07) is 21.7. The first-order chi connectivity index (χ1) is 15.9. The summed E-state index contributed by atoms with van der Waals surface area (Å²) in [5, 5.41) is 3.27. The third kappa shape index (κ3) is 5.63. The van der Waals surface area contributed by atoms with Crippen LogP contribution in [0.1, 0.15) is 11.1 Å². The number of benzene rings is 3. The van der Waals surface area contributed by atoms with Gasteiger partial charge in [0.1, 0.15) is 5.75 Å². The van der Waals surface area contributed by atoms with Gasteiger partial charge in [-0.15, -0.1) is 0 Å². The minimum absolute atomic E-state index is 0.192. The van der Waals surface area contributed by atoms with Gasteiger partial charge in [-0.3, -0.25) is 14.5 Å². The van der Waals surface area contributed by atoms with Crippen molar-refractivity contribution in [1.29, 1.82) is 0 Å². The quantitative estimate of drug-likeness (QED) is 0.333. The Kier molecular flexibility index (Phi) is 7.13. The molecule has 2 amide bonds. The van der Waals surface area contributed by atoms with Crippen LogP contribution in [0.15, 0.2) is 77.7 Å². The van der Waals surface area contributed by atoms with E-state index in [1.165, 1.54) is 16.7 Å². The number of aryl methyl sites for hydroxylation is 1. The number of para-hydroxylation sites is 1. The van der Waals surface area contributed by atoms with Crippen LogP contribution < -0.4 is 15.0 Å². The molecule has 3 aromatic rings. The highest BCUT2D eigenvalue weighted by atomic mass is 35.5. The molecule has 0 radical (unpaired) electrons. The van der Waals surface area contributed by atoms with Gasteiger partial charge >= 0.3 is 0 Å². The van der Waals surface area contributed by atoms with Crippen molar-refractivity contribution in [2.45, 2.75) is 6.92 Å². The molecule has 166 valence electrons. The van der Waals surface area contributed by atoms with Crippen molar-refractivity contribution >= 4 is 69.2 Å². The molecule has 0 atom stereocenters. The zero-order chi connectivity index (χ0) is 23.4. The van der Waals surface area contributed by atoms with E-state index >= 15 is 0 Å². The van der Waals surface area contributed by atoms with Crippen LogP contribution in [-0.2, 0) is 9.59 Å². The van der Waals surface area contributed by atoms with Crippen LogP contribution in [0.3, 0.4) is 0 Å². The summed E-state index contributed by atoms with van der Waals surface area (Å²) < 4.78 is 6.21. The van der Waals surface area contributed by atoms with Crippen molar-refractivity contribution in [3.8, 4) is 5.75 Å². The molecule has 5 nitrogen and oxygen atoms in total. The van der Waals surface area contributed by atoms with E-state index < -0.39 is 0 Å². The van der Waals surface area contributed by atoms with Gasteiger partial charge in [-0.25, -0.2) is 0 Å². The van der Waals surface area contributed by atoms with Crippen molar-refractivity contribution < 1.29 is 14.3 Å². The van der Waals surface area contributed by atoms with Gasteiger partial charge in [0.15, 0.2) is 10.9 Å². The van der Waals surface area contributed by atoms with E-state index in [9.17, 15) is 9.59 Å². The number of nitrogens with one attached hydrogen (secondary N) is 1. The second kappa shape index (κ2) is 10.2. The Bertz CT molecular complexity index is 1260. The van der Waals surface area contributed by atoms with E-state index in [1.54, 1.807) is 42.5 Å². The molecule has 0 bridgehead atoms. The fourth-order valence-corrected chi connectivity index (χ4v) is 4.64. The number of carbonyl (C=O) groups excluding carboxylic acids is 2. The van der Waals surface area contributed by atoms with E-state index in [-0.39, 0.29) is 18.4 Å². The average Bonchev–Trinajstić information content (AvgIpc) is 3.06. The summed E-state index contributed by atoms with van der Waals surface area (Å²) in [7, 11) is 0. The molecule has 1 aliphatic rings. The standard InChI is InChI=1S/C25H19ClN2O3S2/c1-16-9-11-20(12-10-16)28-24(30)22(33-25(28)32)13-17-5-2-3-8-21(17)31-15-23(29)27-19-7-4-6-18(26)14-19/h2-14H,15H2,1H3,(H,27,29)/b22-13-. The van der Waals surface area contributed by atoms with Gasteiger partial charge < -0.3 is 10.1 Å². The van der Waals surface area contributed by atoms with E-state index in [4.69, 9.17) is 28.6 Å². The van der Waals surface area contributed by atoms with E-state index in [0.717, 1.165) is 11.3 Å². The van der Waals surface area contributed by atoms with Gasteiger partial charge in [0.2, 0.25) is 0 Å². The maximum absolute atomic E-state index is 13.0. The largest absolute Gasteiger partial charge is 0.483 e. The van der Waals surface area contributed by atoms with Gasteiger partial charge in [0, 0.05) is 16.3 Å². The third-order valence-electron chi connectivity index (χ3n) is 4.76. The second-order valence-electron chi connectivity index (χ2n) is 7.24. The number of hydrogen-bond acceptors (Lipinski definition) is 5. The van der Waals surface area contributed by atoms with Crippen LogP contribution in [0.4, 0.5) is 11.4 Å². The highest BCUT2D eigenvalue weighted by Gasteiger charge is 2.33. The molecular weight excluding hydrogens is 476 g/mol. The Balaban J connectivity index is 1.48. The van der Waals surface area contributed by atoms with Crippen molar-refractivity contribution in [1.82, 2.24) is 0 Å². The maximum atomic E-state index is 13.0. The molecule has 0 aliphatic carbocycles. The third-order valence-corrected chi connectivity index (χ3v) is 6.30. The van der Waals surface area contributed by atoms with Crippen molar-refractivity contribution in [2.75, 3.05) is 16.8 Å². The lowest BCUT2D eigenvalue weighted by Gasteiger charge is -2.14. The molecule has 0 unspecified atom stereocenters. The molecule has 0 spiro atoms. The smallest absolute Gasteiger partial charge is 0.270 e. The number of ether oxygens (including phenoxy) is 1. The van der Waals surface area contributed by atoms with E-state index in [2.05, 4.69) is 5.32 Å². The molecule has 8 heteroatoms. The monoisotopic (exact) mass is 494 g/mol. The van der Waals surface area contributed by atoms with Gasteiger partial charge in [-0.1, -0.05) is 77.5 Å². The molecule has 0 aromatic heterocycles. The summed E-state index contributed by atoms with van der Waals surface area (Å²) in [5.74, 6) is -0.0283. The number of halogens is 1. The summed E-state index contributed by atoms with van der Waals surface area (Å²) in [6.45, 7) is 1.79. The predicted molar refractivity (Wildman–Crippen MR) is 139 cm³/mol. The first-order valence-electron chi connectivity index (χ1n) is 10.0. The molecule has 0 saturated carbocycles.